The molecule has 1 amide bonds. The molecule has 11 nitrogen and oxygen atoms in total. The zero-order chi connectivity index (χ0) is 21.8. The molecule has 0 saturated carbocycles. The lowest BCUT2D eigenvalue weighted by Crippen LogP contribution is -2.31. The number of nitrogens with one attached hydrogen (secondary N) is 1. The van der Waals surface area contributed by atoms with Gasteiger partial charge in [-0.2, -0.15) is 9.97 Å². The van der Waals surface area contributed by atoms with Crippen molar-refractivity contribution >= 4 is 34.7 Å². The van der Waals surface area contributed by atoms with Crippen LogP contribution < -0.4 is 5.32 Å². The number of nitrogens with zero attached hydrogens (tertiary/aromatic N) is 4. The molecule has 4 atom stereocenters. The molecular weight excluding hydrogens is 418 g/mol. The number of imidazole rings is 1. The number of anilines is 1. The third-order valence-electron chi connectivity index (χ3n) is 4.59. The Morgan fingerprint density at radius 3 is 2.70 bits per heavy atom. The van der Waals surface area contributed by atoms with Crippen molar-refractivity contribution in [3.8, 4) is 0 Å². The van der Waals surface area contributed by atoms with E-state index in [4.69, 9.17) is 30.5 Å². The number of hydrogen-bond donors (Lipinski definition) is 2. The summed E-state index contributed by atoms with van der Waals surface area (Å²) in [6, 6.07) is 0. The first-order chi connectivity index (χ1) is 14.0. The van der Waals surface area contributed by atoms with E-state index >= 15 is 0 Å². The Kier molecular flexibility index (Phi) is 5.14. The van der Waals surface area contributed by atoms with E-state index in [-0.39, 0.29) is 17.7 Å². The molecule has 4 rings (SSSR count). The Morgan fingerprint density at radius 1 is 1.33 bits per heavy atom. The van der Waals surface area contributed by atoms with Gasteiger partial charge in [0.1, 0.15) is 23.9 Å². The molecule has 2 aromatic rings. The van der Waals surface area contributed by atoms with Gasteiger partial charge in [-0.05, 0) is 46.2 Å². The second-order valence-electron chi connectivity index (χ2n) is 8.60. The third-order valence-corrected chi connectivity index (χ3v) is 4.76. The summed E-state index contributed by atoms with van der Waals surface area (Å²) in [5.41, 5.74) is -0.0504. The number of rotatable bonds is 3. The van der Waals surface area contributed by atoms with Crippen molar-refractivity contribution in [3.63, 3.8) is 0 Å². The van der Waals surface area contributed by atoms with Crippen LogP contribution in [0.15, 0.2) is 6.33 Å². The molecule has 2 N–H and O–H groups in total. The van der Waals surface area contributed by atoms with Gasteiger partial charge in [0.05, 0.1) is 12.9 Å². The molecule has 0 aromatic carbocycles. The Labute approximate surface area is 177 Å². The highest BCUT2D eigenvalue weighted by atomic mass is 35.5. The van der Waals surface area contributed by atoms with Gasteiger partial charge in [-0.1, -0.05) is 0 Å². The van der Waals surface area contributed by atoms with Gasteiger partial charge in [0.25, 0.3) is 0 Å². The highest BCUT2D eigenvalue weighted by Crippen LogP contribution is 2.43. The topological polar surface area (TPSA) is 130 Å². The van der Waals surface area contributed by atoms with Gasteiger partial charge in [0.15, 0.2) is 29.0 Å². The Hall–Kier alpha value is -2.05. The van der Waals surface area contributed by atoms with E-state index in [9.17, 15) is 9.90 Å². The molecule has 2 aromatic heterocycles. The number of amides is 1. The van der Waals surface area contributed by atoms with Crippen LogP contribution in [0.25, 0.3) is 11.2 Å². The predicted molar refractivity (Wildman–Crippen MR) is 105 cm³/mol. The van der Waals surface area contributed by atoms with E-state index in [0.29, 0.717) is 11.2 Å². The molecule has 0 spiro atoms. The highest BCUT2D eigenvalue weighted by molar-refractivity contribution is 6.28. The van der Waals surface area contributed by atoms with Crippen LogP contribution in [-0.4, -0.2) is 67.0 Å². The van der Waals surface area contributed by atoms with Crippen molar-refractivity contribution in [3.05, 3.63) is 11.6 Å². The summed E-state index contributed by atoms with van der Waals surface area (Å²) in [6.45, 7) is 8.61. The van der Waals surface area contributed by atoms with Crippen molar-refractivity contribution in [1.82, 2.24) is 19.5 Å². The van der Waals surface area contributed by atoms with Gasteiger partial charge in [0.2, 0.25) is 5.28 Å². The van der Waals surface area contributed by atoms with Gasteiger partial charge in [-0.3, -0.25) is 9.88 Å². The maximum absolute atomic E-state index is 12.2. The second-order valence-corrected chi connectivity index (χ2v) is 8.94. The fraction of sp³-hybridized carbons (Fsp3) is 0.667. The third kappa shape index (κ3) is 3.95. The van der Waals surface area contributed by atoms with E-state index in [2.05, 4.69) is 20.3 Å². The van der Waals surface area contributed by atoms with Crippen LogP contribution in [-0.2, 0) is 18.9 Å². The molecule has 12 heteroatoms. The Bertz CT molecular complexity index is 974. The smallest absolute Gasteiger partial charge is 0.413 e. The fourth-order valence-corrected chi connectivity index (χ4v) is 3.76. The number of aliphatic hydroxyl groups is 1. The van der Waals surface area contributed by atoms with Crippen LogP contribution in [0.4, 0.5) is 10.6 Å². The van der Waals surface area contributed by atoms with Crippen LogP contribution in [0.1, 0.15) is 40.8 Å². The standard InChI is InChI=1S/C18H24ClN5O6/c1-17(2,3)30-16(26)22-12-9-13(23-15(19)21-12)24(7-20-9)14-11-10(8(6-25)27-14)28-18(4,5)29-11/h7-8,10-11,14,25H,6H2,1-5H3,(H,21,22,23,26)/t8-,10-,11-,14-/m1/s1. The maximum atomic E-state index is 12.2. The summed E-state index contributed by atoms with van der Waals surface area (Å²) >= 11 is 6.10. The Morgan fingerprint density at radius 2 is 2.03 bits per heavy atom. The van der Waals surface area contributed by atoms with Gasteiger partial charge >= 0.3 is 6.09 Å². The average molecular weight is 442 g/mol. The molecule has 2 saturated heterocycles. The fourth-order valence-electron chi connectivity index (χ4n) is 3.59. The van der Waals surface area contributed by atoms with E-state index in [1.807, 2.05) is 0 Å². The number of carbonyl (C=O) groups excluding carboxylic acids is 1. The van der Waals surface area contributed by atoms with E-state index in [0.717, 1.165) is 0 Å². The molecule has 0 unspecified atom stereocenters. The number of carbonyl (C=O) groups is 1. The number of aliphatic hydroxyl groups excluding tert-OH is 1. The molecule has 2 fully saturated rings. The van der Waals surface area contributed by atoms with E-state index in [1.165, 1.54) is 6.33 Å². The van der Waals surface area contributed by atoms with Crippen molar-refractivity contribution in [2.75, 3.05) is 11.9 Å². The van der Waals surface area contributed by atoms with Crippen LogP contribution in [0.5, 0.6) is 0 Å². The van der Waals surface area contributed by atoms with Crippen molar-refractivity contribution in [1.29, 1.82) is 0 Å². The van der Waals surface area contributed by atoms with Crippen LogP contribution in [0.3, 0.4) is 0 Å². The lowest BCUT2D eigenvalue weighted by Gasteiger charge is -2.24. The van der Waals surface area contributed by atoms with Crippen molar-refractivity contribution in [2.45, 2.75) is 70.5 Å². The normalized spacial score (nSPS) is 28.0. The SMILES string of the molecule is CC(C)(C)OC(=O)Nc1nc(Cl)nc2c1ncn2[C@@H]1O[C@H](CO)[C@H]2OC(C)(C)O[C@H]21. The zero-order valence-electron chi connectivity index (χ0n) is 17.2. The molecule has 4 heterocycles. The number of aromatic nitrogens is 4. The first-order valence-corrected chi connectivity index (χ1v) is 9.87. The monoisotopic (exact) mass is 441 g/mol. The average Bonchev–Trinajstić information content (AvgIpc) is 3.23. The number of hydrogen-bond acceptors (Lipinski definition) is 9. The summed E-state index contributed by atoms with van der Waals surface area (Å²) in [5.74, 6) is -0.716. The van der Waals surface area contributed by atoms with Crippen molar-refractivity contribution in [2.24, 2.45) is 0 Å². The first-order valence-electron chi connectivity index (χ1n) is 9.49. The van der Waals surface area contributed by atoms with Gasteiger partial charge in [-0.15, -0.1) is 0 Å². The molecule has 164 valence electrons. The van der Waals surface area contributed by atoms with Crippen molar-refractivity contribution < 1.29 is 28.8 Å². The minimum absolute atomic E-state index is 0.0903. The van der Waals surface area contributed by atoms with Gasteiger partial charge in [-0.25, -0.2) is 9.78 Å². The number of fused-ring (bicyclic) bond motifs is 2. The minimum Gasteiger partial charge on any atom is -0.444 e. The van der Waals surface area contributed by atoms with E-state index < -0.39 is 42.0 Å². The maximum Gasteiger partial charge on any atom is 0.413 e. The molecule has 0 bridgehead atoms. The summed E-state index contributed by atoms with van der Waals surface area (Å²) in [4.78, 5) is 24.8. The van der Waals surface area contributed by atoms with Gasteiger partial charge < -0.3 is 24.1 Å². The summed E-state index contributed by atoms with van der Waals surface area (Å²) in [6.07, 6.45) is -1.39. The van der Waals surface area contributed by atoms with Gasteiger partial charge in [0, 0.05) is 0 Å². The second kappa shape index (κ2) is 7.27. The lowest BCUT2D eigenvalue weighted by atomic mass is 10.1. The summed E-state index contributed by atoms with van der Waals surface area (Å²) in [5, 5.41) is 12.2. The summed E-state index contributed by atoms with van der Waals surface area (Å²) < 4.78 is 24.7. The highest BCUT2D eigenvalue weighted by Gasteiger charge is 2.56. The quantitative estimate of drug-likeness (QED) is 0.688. The molecule has 30 heavy (non-hydrogen) atoms. The van der Waals surface area contributed by atoms with Crippen LogP contribution in [0.2, 0.25) is 5.28 Å². The minimum atomic E-state index is -0.822. The molecule has 0 radical (unpaired) electrons. The van der Waals surface area contributed by atoms with Crippen LogP contribution in [0, 0.1) is 0 Å². The molecular formula is C18H24ClN5O6. The molecule has 2 aliphatic heterocycles. The molecule has 0 aliphatic carbocycles. The Balaban J connectivity index is 1.68. The van der Waals surface area contributed by atoms with E-state index in [1.54, 1.807) is 39.2 Å². The zero-order valence-corrected chi connectivity index (χ0v) is 18.0. The summed E-state index contributed by atoms with van der Waals surface area (Å²) in [7, 11) is 0. The number of ether oxygens (including phenoxy) is 4. The number of halogens is 1. The first kappa shape index (κ1) is 21.2. The van der Waals surface area contributed by atoms with Crippen LogP contribution >= 0.6 is 11.6 Å². The largest absolute Gasteiger partial charge is 0.444 e. The lowest BCUT2D eigenvalue weighted by molar-refractivity contribution is -0.199. The molecule has 2 aliphatic rings. The predicted octanol–water partition coefficient (Wildman–Crippen LogP) is 2.24.